The predicted molar refractivity (Wildman–Crippen MR) is 130 cm³/mol. The Labute approximate surface area is 202 Å². The highest BCUT2D eigenvalue weighted by Gasteiger charge is 2.35. The van der Waals surface area contributed by atoms with Gasteiger partial charge in [-0.3, -0.25) is 19.0 Å². The van der Waals surface area contributed by atoms with Gasteiger partial charge in [0.05, 0.1) is 35.6 Å². The quantitative estimate of drug-likeness (QED) is 0.179. The van der Waals surface area contributed by atoms with Gasteiger partial charge in [-0.25, -0.2) is 4.98 Å². The third-order valence-corrected chi connectivity index (χ3v) is 5.72. The van der Waals surface area contributed by atoms with Gasteiger partial charge in [0, 0.05) is 26.7 Å². The van der Waals surface area contributed by atoms with Crippen LogP contribution in [-0.2, 0) is 14.3 Å². The van der Waals surface area contributed by atoms with Crippen LogP contribution in [-0.4, -0.2) is 71.3 Å². The number of nitrogens with one attached hydrogen (secondary N) is 1. The second-order valence-electron chi connectivity index (χ2n) is 7.57. The molecule has 1 aliphatic heterocycles. The van der Waals surface area contributed by atoms with E-state index in [2.05, 4.69) is 33.7 Å². The van der Waals surface area contributed by atoms with E-state index in [1.807, 2.05) is 0 Å². The Morgan fingerprint density at radius 2 is 2.21 bits per heavy atom. The average molecular weight is 484 g/mol. The van der Waals surface area contributed by atoms with Crippen molar-refractivity contribution in [2.24, 2.45) is 16.5 Å². The van der Waals surface area contributed by atoms with Gasteiger partial charge < -0.3 is 26.4 Å². The fourth-order valence-corrected chi connectivity index (χ4v) is 4.06. The third-order valence-electron chi connectivity index (χ3n) is 5.41. The summed E-state index contributed by atoms with van der Waals surface area (Å²) in [5, 5.41) is 3.67. The summed E-state index contributed by atoms with van der Waals surface area (Å²) in [4.78, 5) is 34.4. The number of hydrogen-bond acceptors (Lipinski definition) is 6. The number of primary amides is 1. The zero-order valence-electron chi connectivity index (χ0n) is 18.9. The lowest BCUT2D eigenvalue weighted by Gasteiger charge is -2.22. The first-order chi connectivity index (χ1) is 16.3. The van der Waals surface area contributed by atoms with Gasteiger partial charge >= 0.3 is 0 Å². The molecule has 0 saturated carbocycles. The first kappa shape index (κ1) is 24.8. The number of carbonyl (C=O) groups is 2. The van der Waals surface area contributed by atoms with Crippen molar-refractivity contribution in [1.29, 1.82) is 0 Å². The van der Waals surface area contributed by atoms with Crippen LogP contribution in [0, 0.1) is 11.8 Å². The molecule has 0 radical (unpaired) electrons. The number of carbonyl (C=O) groups excluding carboxylic acids is 2. The van der Waals surface area contributed by atoms with Gasteiger partial charge in [0.15, 0.2) is 0 Å². The predicted octanol–water partition coefficient (Wildman–Crippen LogP) is 0.457. The second kappa shape index (κ2) is 10.9. The number of ether oxygens (including phenoxy) is 1. The molecule has 0 aromatic carbocycles. The Kier molecular flexibility index (Phi) is 7.94. The first-order valence-corrected chi connectivity index (χ1v) is 10.8. The van der Waals surface area contributed by atoms with Gasteiger partial charge in [-0.15, -0.1) is 0 Å². The largest absolute Gasteiger partial charge is 0.391 e. The fourth-order valence-electron chi connectivity index (χ4n) is 3.86. The summed E-state index contributed by atoms with van der Waals surface area (Å²) in [5.74, 6) is 4.94. The van der Waals surface area contributed by atoms with Crippen molar-refractivity contribution in [1.82, 2.24) is 19.6 Å². The van der Waals surface area contributed by atoms with Gasteiger partial charge in [0.1, 0.15) is 22.9 Å². The highest BCUT2D eigenvalue weighted by Crippen LogP contribution is 2.20. The number of aromatic nitrogens is 2. The molecule has 2 aromatic heterocycles. The molecule has 3 heterocycles. The SMILES string of the molecule is C=CC(=O)N1CC(NC(=NC)/C(C(N)=O)=C(\N)C#Cc2ccc(Cl)n3cncc23)C[C@@H]1COC. The maximum atomic E-state index is 12.3. The van der Waals surface area contributed by atoms with Gasteiger partial charge in [0.2, 0.25) is 5.91 Å². The van der Waals surface area contributed by atoms with Crippen LogP contribution in [0.4, 0.5) is 0 Å². The highest BCUT2D eigenvalue weighted by atomic mass is 35.5. The maximum Gasteiger partial charge on any atom is 0.255 e. The van der Waals surface area contributed by atoms with Crippen molar-refractivity contribution in [2.75, 3.05) is 27.3 Å². The number of allylic oxidation sites excluding steroid dienone is 1. The molecule has 0 aliphatic carbocycles. The summed E-state index contributed by atoms with van der Waals surface area (Å²) < 4.78 is 6.91. The monoisotopic (exact) mass is 483 g/mol. The number of fused-ring (bicyclic) bond motifs is 1. The van der Waals surface area contributed by atoms with Gasteiger partial charge in [0.25, 0.3) is 5.91 Å². The topological polar surface area (TPSA) is 140 Å². The molecule has 10 nitrogen and oxygen atoms in total. The molecule has 1 aliphatic rings. The lowest BCUT2D eigenvalue weighted by atomic mass is 10.1. The minimum Gasteiger partial charge on any atom is -0.391 e. The molecule has 34 heavy (non-hydrogen) atoms. The van der Waals surface area contributed by atoms with E-state index in [1.165, 1.54) is 13.1 Å². The third kappa shape index (κ3) is 5.22. The number of likely N-dealkylation sites (tertiary alicyclic amines) is 1. The normalized spacial score (nSPS) is 18.8. The number of hydrogen-bond donors (Lipinski definition) is 3. The van der Waals surface area contributed by atoms with Gasteiger partial charge in [-0.2, -0.15) is 0 Å². The molecule has 5 N–H and O–H groups in total. The fraction of sp³-hybridized carbons (Fsp3) is 0.304. The van der Waals surface area contributed by atoms with Crippen molar-refractivity contribution >= 4 is 34.8 Å². The molecule has 0 bridgehead atoms. The number of rotatable bonds is 6. The zero-order chi connectivity index (χ0) is 24.8. The van der Waals surface area contributed by atoms with E-state index in [4.69, 9.17) is 27.8 Å². The standard InChI is InChI=1S/C23H26ClN7O3/c1-4-20(32)30-11-15(9-16(30)12-34-3)29-23(27-2)21(22(26)33)17(25)7-5-14-6-8-19(24)31-13-28-10-18(14)31/h4,6,8,10,13,15-16H,1,9,11-12,25H2,2-3H3,(H2,26,33)(H,27,29)/b21-17-/t15?,16-/m1/s1. The van der Waals surface area contributed by atoms with Crippen LogP contribution in [0.3, 0.4) is 0 Å². The highest BCUT2D eigenvalue weighted by molar-refractivity contribution is 6.29. The van der Waals surface area contributed by atoms with E-state index in [0.29, 0.717) is 35.8 Å². The Hall–Kier alpha value is -3.81. The van der Waals surface area contributed by atoms with Crippen molar-refractivity contribution in [3.05, 3.63) is 59.3 Å². The van der Waals surface area contributed by atoms with E-state index in [1.54, 1.807) is 41.1 Å². The van der Waals surface area contributed by atoms with Crippen LogP contribution < -0.4 is 16.8 Å². The van der Waals surface area contributed by atoms with Crippen LogP contribution in [0.15, 0.2) is 53.6 Å². The Morgan fingerprint density at radius 3 is 2.85 bits per heavy atom. The van der Waals surface area contributed by atoms with Crippen molar-refractivity contribution in [2.45, 2.75) is 18.5 Å². The van der Waals surface area contributed by atoms with E-state index in [9.17, 15) is 9.59 Å². The molecule has 2 aromatic rings. The molecule has 1 unspecified atom stereocenters. The van der Waals surface area contributed by atoms with Crippen LogP contribution >= 0.6 is 11.6 Å². The van der Waals surface area contributed by atoms with Crippen molar-refractivity contribution < 1.29 is 14.3 Å². The molecular formula is C23H26ClN7O3. The number of amides is 2. The molecule has 2 atom stereocenters. The van der Waals surface area contributed by atoms with Crippen LogP contribution in [0.5, 0.6) is 0 Å². The lowest BCUT2D eigenvalue weighted by Crippen LogP contribution is -2.42. The molecule has 178 valence electrons. The Balaban J connectivity index is 1.88. The minimum absolute atomic E-state index is 0.0368. The molecule has 2 amide bonds. The summed E-state index contributed by atoms with van der Waals surface area (Å²) in [6, 6.07) is 3.06. The summed E-state index contributed by atoms with van der Waals surface area (Å²) in [6.45, 7) is 4.30. The zero-order valence-corrected chi connectivity index (χ0v) is 19.7. The second-order valence-corrected chi connectivity index (χ2v) is 7.96. The van der Waals surface area contributed by atoms with E-state index in [0.717, 1.165) is 0 Å². The molecule has 0 spiro atoms. The van der Waals surface area contributed by atoms with Crippen LogP contribution in [0.1, 0.15) is 12.0 Å². The summed E-state index contributed by atoms with van der Waals surface area (Å²) in [6.07, 6.45) is 5.03. The number of pyridine rings is 1. The van der Waals surface area contributed by atoms with Crippen molar-refractivity contribution in [3.63, 3.8) is 0 Å². The molecule has 11 heteroatoms. The number of nitrogens with two attached hydrogens (primary N) is 2. The summed E-state index contributed by atoms with van der Waals surface area (Å²) in [7, 11) is 3.08. The maximum absolute atomic E-state index is 12.3. The average Bonchev–Trinajstić information content (AvgIpc) is 3.46. The number of methoxy groups -OCH3 is 1. The smallest absolute Gasteiger partial charge is 0.255 e. The number of imidazole rings is 1. The van der Waals surface area contributed by atoms with Gasteiger partial charge in [-0.05, 0) is 30.6 Å². The molecule has 1 saturated heterocycles. The minimum atomic E-state index is -0.782. The molecular weight excluding hydrogens is 458 g/mol. The van der Waals surface area contributed by atoms with Crippen molar-refractivity contribution in [3.8, 4) is 11.8 Å². The first-order valence-electron chi connectivity index (χ1n) is 10.4. The number of aliphatic imine (C=N–C) groups is 1. The number of halogens is 1. The van der Waals surface area contributed by atoms with Crippen LogP contribution in [0.2, 0.25) is 5.15 Å². The van der Waals surface area contributed by atoms with E-state index in [-0.39, 0.29) is 35.1 Å². The molecule has 3 rings (SSSR count). The number of amidine groups is 1. The summed E-state index contributed by atoms with van der Waals surface area (Å²) >= 11 is 6.15. The lowest BCUT2D eigenvalue weighted by molar-refractivity contribution is -0.127. The van der Waals surface area contributed by atoms with E-state index >= 15 is 0 Å². The summed E-state index contributed by atoms with van der Waals surface area (Å²) in [5.41, 5.74) is 13.0. The Bertz CT molecular complexity index is 1240. The van der Waals surface area contributed by atoms with E-state index < -0.39 is 5.91 Å². The van der Waals surface area contributed by atoms with Crippen LogP contribution in [0.25, 0.3) is 5.52 Å². The Morgan fingerprint density at radius 1 is 1.44 bits per heavy atom. The number of nitrogens with zero attached hydrogens (tertiary/aromatic N) is 4. The van der Waals surface area contributed by atoms with Gasteiger partial charge in [-0.1, -0.05) is 24.1 Å². The molecule has 1 fully saturated rings.